The molecule has 2 aromatic heterocycles. The predicted molar refractivity (Wildman–Crippen MR) is 109 cm³/mol. The van der Waals surface area contributed by atoms with Gasteiger partial charge in [0.2, 0.25) is 0 Å². The summed E-state index contributed by atoms with van der Waals surface area (Å²) in [4.78, 5) is 17.5. The molecule has 0 spiro atoms. The van der Waals surface area contributed by atoms with Crippen LogP contribution in [0.25, 0.3) is 10.9 Å². The minimum absolute atomic E-state index is 0.205. The lowest BCUT2D eigenvalue weighted by molar-refractivity contribution is 0.211. The number of aromatic nitrogens is 3. The lowest BCUT2D eigenvalue weighted by Gasteiger charge is -2.27. The van der Waals surface area contributed by atoms with Gasteiger partial charge < -0.3 is 21.3 Å². The molecule has 5 N–H and O–H groups in total. The predicted octanol–water partition coefficient (Wildman–Crippen LogP) is 2.75. The van der Waals surface area contributed by atoms with E-state index in [0.717, 1.165) is 40.9 Å². The summed E-state index contributed by atoms with van der Waals surface area (Å²) >= 11 is 0. The summed E-state index contributed by atoms with van der Waals surface area (Å²) in [5.74, 6) is 0.914. The Bertz CT molecular complexity index is 1090. The van der Waals surface area contributed by atoms with Crippen molar-refractivity contribution in [1.82, 2.24) is 20.1 Å². The van der Waals surface area contributed by atoms with Crippen LogP contribution < -0.4 is 16.4 Å². The molecule has 8 nitrogen and oxygen atoms in total. The van der Waals surface area contributed by atoms with Gasteiger partial charge in [0.1, 0.15) is 5.82 Å². The van der Waals surface area contributed by atoms with Crippen LogP contribution in [0, 0.1) is 0 Å². The van der Waals surface area contributed by atoms with Crippen LogP contribution in [-0.2, 0) is 6.42 Å². The van der Waals surface area contributed by atoms with Gasteiger partial charge in [0.05, 0.1) is 17.8 Å². The van der Waals surface area contributed by atoms with Crippen LogP contribution in [0.15, 0.2) is 48.3 Å². The molecule has 4 heterocycles. The van der Waals surface area contributed by atoms with Gasteiger partial charge in [-0.25, -0.2) is 9.78 Å². The maximum atomic E-state index is 11.3. The summed E-state index contributed by atoms with van der Waals surface area (Å²) in [7, 11) is 0. The molecule has 3 aromatic rings. The summed E-state index contributed by atoms with van der Waals surface area (Å²) < 4.78 is 0. The van der Waals surface area contributed by atoms with Crippen molar-refractivity contribution < 1.29 is 4.79 Å². The minimum atomic E-state index is -0.360. The molecule has 8 heteroatoms. The van der Waals surface area contributed by atoms with E-state index < -0.39 is 0 Å². The van der Waals surface area contributed by atoms with Crippen molar-refractivity contribution in [2.75, 3.05) is 23.7 Å². The molecule has 2 aliphatic heterocycles. The first-order chi connectivity index (χ1) is 13.7. The third-order valence-electron chi connectivity index (χ3n) is 5.50. The number of carbonyl (C=O) groups is 1. The number of anilines is 3. The highest BCUT2D eigenvalue weighted by molar-refractivity contribution is 5.83. The molecule has 142 valence electrons. The first-order valence-corrected chi connectivity index (χ1v) is 9.35. The fourth-order valence-electron chi connectivity index (χ4n) is 3.96. The lowest BCUT2D eigenvalue weighted by atomic mass is 9.97. The van der Waals surface area contributed by atoms with Gasteiger partial charge in [-0.3, -0.25) is 5.10 Å². The quantitative estimate of drug-likeness (QED) is 0.526. The smallest absolute Gasteiger partial charge is 0.315 e. The molecule has 1 aromatic carbocycles. The second-order valence-corrected chi connectivity index (χ2v) is 7.20. The third kappa shape index (κ3) is 2.92. The number of nitrogens with one attached hydrogen (secondary N) is 3. The zero-order valence-corrected chi connectivity index (χ0v) is 15.3. The maximum Gasteiger partial charge on any atom is 0.315 e. The fourth-order valence-corrected chi connectivity index (χ4v) is 3.96. The molecule has 1 atom stereocenters. The normalized spacial score (nSPS) is 18.5. The Balaban J connectivity index is 1.36. The molecule has 0 fully saturated rings. The average molecular weight is 375 g/mol. The SMILES string of the molecule is NC(=O)N1CC=C(C2Cc3c(Nc4ccc5[nH]ncc5c4)ccnc3N2)CC1. The van der Waals surface area contributed by atoms with Gasteiger partial charge in [-0.1, -0.05) is 6.08 Å². The highest BCUT2D eigenvalue weighted by Crippen LogP contribution is 2.35. The number of hydrogen-bond acceptors (Lipinski definition) is 5. The molecule has 0 saturated carbocycles. The van der Waals surface area contributed by atoms with E-state index in [1.807, 2.05) is 30.6 Å². The van der Waals surface area contributed by atoms with Crippen LogP contribution in [-0.4, -0.2) is 45.2 Å². The molecule has 0 saturated heterocycles. The number of amides is 2. The Labute approximate surface area is 161 Å². The molecule has 0 radical (unpaired) electrons. The first-order valence-electron chi connectivity index (χ1n) is 9.35. The number of nitrogens with two attached hydrogens (primary N) is 1. The Hall–Kier alpha value is -3.55. The van der Waals surface area contributed by atoms with Crippen LogP contribution in [0.3, 0.4) is 0 Å². The molecule has 0 bridgehead atoms. The number of benzene rings is 1. The van der Waals surface area contributed by atoms with E-state index in [0.29, 0.717) is 13.1 Å². The average Bonchev–Trinajstić information content (AvgIpc) is 3.35. The highest BCUT2D eigenvalue weighted by Gasteiger charge is 2.29. The maximum absolute atomic E-state index is 11.3. The van der Waals surface area contributed by atoms with Crippen molar-refractivity contribution >= 4 is 34.1 Å². The molecule has 1 unspecified atom stereocenters. The van der Waals surface area contributed by atoms with Crippen molar-refractivity contribution in [2.45, 2.75) is 18.9 Å². The molecule has 28 heavy (non-hydrogen) atoms. The highest BCUT2D eigenvalue weighted by atomic mass is 16.2. The van der Waals surface area contributed by atoms with Gasteiger partial charge in [-0.2, -0.15) is 5.10 Å². The van der Waals surface area contributed by atoms with E-state index in [2.05, 4.69) is 38.0 Å². The standard InChI is InChI=1S/C20H21N7O/c21-20(28)27-7-4-12(5-8-27)18-10-15-17(3-6-22-19(15)25-18)24-14-1-2-16-13(9-14)11-23-26-16/h1-4,6,9,11,18H,5,7-8,10H2,(H2,21,28)(H,23,26)(H2,22,24,25). The molecule has 0 aliphatic carbocycles. The number of nitrogens with zero attached hydrogens (tertiary/aromatic N) is 3. The Morgan fingerprint density at radius 3 is 3.07 bits per heavy atom. The molecule has 2 amide bonds. The van der Waals surface area contributed by atoms with Gasteiger partial charge in [-0.05, 0) is 36.3 Å². The summed E-state index contributed by atoms with van der Waals surface area (Å²) in [6.07, 6.45) is 7.44. The topological polar surface area (TPSA) is 112 Å². The number of pyridine rings is 1. The van der Waals surface area contributed by atoms with Crippen LogP contribution in [0.2, 0.25) is 0 Å². The zero-order valence-electron chi connectivity index (χ0n) is 15.3. The third-order valence-corrected chi connectivity index (χ3v) is 5.50. The van der Waals surface area contributed by atoms with Gasteiger partial charge in [0.15, 0.2) is 0 Å². The zero-order chi connectivity index (χ0) is 19.1. The van der Waals surface area contributed by atoms with E-state index >= 15 is 0 Å². The van der Waals surface area contributed by atoms with Crippen molar-refractivity contribution in [2.24, 2.45) is 5.73 Å². The van der Waals surface area contributed by atoms with Crippen LogP contribution in [0.4, 0.5) is 22.0 Å². The molecular formula is C20H21N7O. The van der Waals surface area contributed by atoms with Gasteiger partial charge in [0.25, 0.3) is 0 Å². The number of aromatic amines is 1. The summed E-state index contributed by atoms with van der Waals surface area (Å²) in [6, 6.07) is 7.98. The van der Waals surface area contributed by atoms with E-state index in [4.69, 9.17) is 5.73 Å². The molecule has 2 aliphatic rings. The van der Waals surface area contributed by atoms with Gasteiger partial charge >= 0.3 is 6.03 Å². The second kappa shape index (κ2) is 6.56. The number of carbonyl (C=O) groups excluding carboxylic acids is 1. The summed E-state index contributed by atoms with van der Waals surface area (Å²) in [5.41, 5.74) is 10.9. The number of urea groups is 1. The minimum Gasteiger partial charge on any atom is -0.363 e. The Kier molecular flexibility index (Phi) is 3.89. The van der Waals surface area contributed by atoms with Crippen molar-refractivity contribution in [1.29, 1.82) is 0 Å². The first kappa shape index (κ1) is 16.6. The largest absolute Gasteiger partial charge is 0.363 e. The van der Waals surface area contributed by atoms with Crippen LogP contribution in [0.5, 0.6) is 0 Å². The van der Waals surface area contributed by atoms with E-state index in [1.165, 1.54) is 11.1 Å². The molecular weight excluding hydrogens is 354 g/mol. The number of fused-ring (bicyclic) bond motifs is 2. The monoisotopic (exact) mass is 375 g/mol. The van der Waals surface area contributed by atoms with Crippen molar-refractivity contribution in [3.8, 4) is 0 Å². The Morgan fingerprint density at radius 2 is 2.25 bits per heavy atom. The van der Waals surface area contributed by atoms with E-state index in [1.54, 1.807) is 4.90 Å². The number of primary amides is 1. The number of hydrogen-bond donors (Lipinski definition) is 4. The number of H-pyrrole nitrogens is 1. The number of rotatable bonds is 3. The lowest BCUT2D eigenvalue weighted by Crippen LogP contribution is -2.40. The van der Waals surface area contributed by atoms with E-state index in [9.17, 15) is 4.79 Å². The van der Waals surface area contributed by atoms with Crippen molar-refractivity contribution in [3.63, 3.8) is 0 Å². The summed E-state index contributed by atoms with van der Waals surface area (Å²) in [6.45, 7) is 1.24. The van der Waals surface area contributed by atoms with Crippen molar-refractivity contribution in [3.05, 3.63) is 53.9 Å². The fraction of sp³-hybridized carbons (Fsp3) is 0.250. The van der Waals surface area contributed by atoms with Crippen LogP contribution >= 0.6 is 0 Å². The van der Waals surface area contributed by atoms with E-state index in [-0.39, 0.29) is 12.1 Å². The summed E-state index contributed by atoms with van der Waals surface area (Å²) in [5, 5.41) is 15.2. The molecule has 5 rings (SSSR count). The van der Waals surface area contributed by atoms with Crippen LogP contribution in [0.1, 0.15) is 12.0 Å². The van der Waals surface area contributed by atoms with Gasteiger partial charge in [0, 0.05) is 48.0 Å². The Morgan fingerprint density at radius 1 is 1.32 bits per heavy atom. The van der Waals surface area contributed by atoms with Gasteiger partial charge in [-0.15, -0.1) is 0 Å². The second-order valence-electron chi connectivity index (χ2n) is 7.20.